The van der Waals surface area contributed by atoms with Crippen LogP contribution in [0.1, 0.15) is 28.3 Å². The molecular formula is C19H24ClN5O2S. The average molecular weight is 422 g/mol. The number of thiazole rings is 1. The number of ether oxygens (including phenoxy) is 1. The number of nitrogens with zero attached hydrogens (tertiary/aromatic N) is 5. The third-order valence-corrected chi connectivity index (χ3v) is 6.56. The average Bonchev–Trinajstić information content (AvgIpc) is 3.28. The molecule has 0 bridgehead atoms. The number of aromatic nitrogens is 2. The summed E-state index contributed by atoms with van der Waals surface area (Å²) in [6, 6.07) is 2.06. The Morgan fingerprint density at radius 3 is 2.57 bits per heavy atom. The molecule has 2 aromatic rings. The highest BCUT2D eigenvalue weighted by Gasteiger charge is 2.26. The van der Waals surface area contributed by atoms with Crippen LogP contribution in [0.3, 0.4) is 0 Å². The molecule has 150 valence electrons. The fourth-order valence-corrected chi connectivity index (χ4v) is 4.66. The largest absolute Gasteiger partial charge is 0.378 e. The van der Waals surface area contributed by atoms with Crippen LogP contribution >= 0.6 is 22.9 Å². The first kappa shape index (κ1) is 19.6. The van der Waals surface area contributed by atoms with Crippen LogP contribution in [0.25, 0.3) is 0 Å². The number of hydrogen-bond acceptors (Lipinski definition) is 7. The van der Waals surface area contributed by atoms with Crippen molar-refractivity contribution in [2.45, 2.75) is 13.0 Å². The van der Waals surface area contributed by atoms with Gasteiger partial charge in [0.15, 0.2) is 0 Å². The minimum atomic E-state index is -0.0358. The summed E-state index contributed by atoms with van der Waals surface area (Å²) < 4.78 is 5.31. The van der Waals surface area contributed by atoms with E-state index in [2.05, 4.69) is 26.7 Å². The van der Waals surface area contributed by atoms with E-state index in [1.54, 1.807) is 28.5 Å². The maximum Gasteiger partial charge on any atom is 0.255 e. The summed E-state index contributed by atoms with van der Waals surface area (Å²) >= 11 is 8.20. The van der Waals surface area contributed by atoms with E-state index in [1.807, 2.05) is 11.6 Å². The summed E-state index contributed by atoms with van der Waals surface area (Å²) in [5, 5.41) is 3.70. The highest BCUT2D eigenvalue weighted by atomic mass is 35.5. The molecule has 4 rings (SSSR count). The molecule has 1 atom stereocenters. The Morgan fingerprint density at radius 2 is 1.93 bits per heavy atom. The third kappa shape index (κ3) is 4.15. The van der Waals surface area contributed by atoms with Gasteiger partial charge < -0.3 is 14.5 Å². The van der Waals surface area contributed by atoms with Gasteiger partial charge in [0.1, 0.15) is 10.8 Å². The zero-order valence-corrected chi connectivity index (χ0v) is 17.5. The minimum absolute atomic E-state index is 0.0358. The zero-order chi connectivity index (χ0) is 19.5. The van der Waals surface area contributed by atoms with Gasteiger partial charge in [0.25, 0.3) is 5.91 Å². The Labute approximate surface area is 173 Å². The van der Waals surface area contributed by atoms with Crippen molar-refractivity contribution in [1.29, 1.82) is 0 Å². The van der Waals surface area contributed by atoms with Crippen LogP contribution in [0.15, 0.2) is 23.8 Å². The monoisotopic (exact) mass is 421 g/mol. The quantitative estimate of drug-likeness (QED) is 0.756. The molecule has 28 heavy (non-hydrogen) atoms. The van der Waals surface area contributed by atoms with Crippen molar-refractivity contribution in [3.8, 4) is 0 Å². The van der Waals surface area contributed by atoms with Crippen LogP contribution in [0.5, 0.6) is 0 Å². The van der Waals surface area contributed by atoms with Crippen molar-refractivity contribution >= 4 is 34.7 Å². The normalized spacial score (nSPS) is 19.6. The smallest absolute Gasteiger partial charge is 0.255 e. The Balaban J connectivity index is 1.39. The molecule has 7 nitrogen and oxygen atoms in total. The molecule has 0 spiro atoms. The van der Waals surface area contributed by atoms with Gasteiger partial charge in [-0.05, 0) is 13.0 Å². The lowest BCUT2D eigenvalue weighted by atomic mass is 10.2. The van der Waals surface area contributed by atoms with E-state index in [9.17, 15) is 4.79 Å². The lowest BCUT2D eigenvalue weighted by Gasteiger charge is -2.38. The first-order valence-corrected chi connectivity index (χ1v) is 10.8. The van der Waals surface area contributed by atoms with Crippen molar-refractivity contribution in [3.05, 3.63) is 39.4 Å². The fraction of sp³-hybridized carbons (Fsp3) is 0.526. The first-order valence-electron chi connectivity index (χ1n) is 9.54. The van der Waals surface area contributed by atoms with Crippen LogP contribution in [-0.4, -0.2) is 78.2 Å². The molecule has 0 N–H and O–H groups in total. The third-order valence-electron chi connectivity index (χ3n) is 5.34. The SMILES string of the molecule is CC(c1nccs1)N1CCN(c2ncc(C(=O)N3CCOCC3)cc2Cl)CC1. The Bertz CT molecular complexity index is 805. The molecule has 2 aliphatic heterocycles. The molecule has 0 aliphatic carbocycles. The molecule has 0 radical (unpaired) electrons. The Kier molecular flexibility index (Phi) is 6.10. The molecule has 0 saturated carbocycles. The molecule has 0 aromatic carbocycles. The minimum Gasteiger partial charge on any atom is -0.378 e. The van der Waals surface area contributed by atoms with Gasteiger partial charge in [-0.2, -0.15) is 0 Å². The van der Waals surface area contributed by atoms with Gasteiger partial charge in [-0.3, -0.25) is 9.69 Å². The molecule has 9 heteroatoms. The number of hydrogen-bond donors (Lipinski definition) is 0. The number of pyridine rings is 1. The second-order valence-electron chi connectivity index (χ2n) is 7.00. The second-order valence-corrected chi connectivity index (χ2v) is 8.34. The van der Waals surface area contributed by atoms with E-state index in [1.165, 1.54) is 0 Å². The predicted octanol–water partition coefficient (Wildman–Crippen LogP) is 2.55. The highest BCUT2D eigenvalue weighted by molar-refractivity contribution is 7.09. The molecule has 1 unspecified atom stereocenters. The van der Waals surface area contributed by atoms with E-state index in [4.69, 9.17) is 16.3 Å². The number of amides is 1. The van der Waals surface area contributed by atoms with Gasteiger partial charge in [-0.25, -0.2) is 9.97 Å². The molecule has 2 saturated heterocycles. The zero-order valence-electron chi connectivity index (χ0n) is 15.9. The molecule has 2 aromatic heterocycles. The van der Waals surface area contributed by atoms with Gasteiger partial charge in [0, 0.05) is 57.0 Å². The maximum atomic E-state index is 12.6. The number of carbonyl (C=O) groups excluding carboxylic acids is 1. The number of halogens is 1. The van der Waals surface area contributed by atoms with Crippen LogP contribution in [0, 0.1) is 0 Å². The van der Waals surface area contributed by atoms with E-state index in [0.717, 1.165) is 37.0 Å². The van der Waals surface area contributed by atoms with Crippen LogP contribution in [0.4, 0.5) is 5.82 Å². The van der Waals surface area contributed by atoms with Crippen molar-refractivity contribution < 1.29 is 9.53 Å². The topological polar surface area (TPSA) is 61.8 Å². The highest BCUT2D eigenvalue weighted by Crippen LogP contribution is 2.28. The second kappa shape index (κ2) is 8.73. The number of carbonyl (C=O) groups is 1. The Morgan fingerprint density at radius 1 is 1.18 bits per heavy atom. The van der Waals surface area contributed by atoms with Gasteiger partial charge in [0.2, 0.25) is 0 Å². The number of anilines is 1. The summed E-state index contributed by atoms with van der Waals surface area (Å²) in [6.07, 6.45) is 3.50. The summed E-state index contributed by atoms with van der Waals surface area (Å²) in [5.74, 6) is 0.716. The molecule has 4 heterocycles. The summed E-state index contributed by atoms with van der Waals surface area (Å²) in [6.45, 7) is 8.11. The first-order chi connectivity index (χ1) is 13.6. The maximum absolute atomic E-state index is 12.6. The lowest BCUT2D eigenvalue weighted by Crippen LogP contribution is -2.47. The fourth-order valence-electron chi connectivity index (χ4n) is 3.65. The van der Waals surface area contributed by atoms with Crippen LogP contribution in [-0.2, 0) is 4.74 Å². The summed E-state index contributed by atoms with van der Waals surface area (Å²) in [7, 11) is 0. The molecule has 1 amide bonds. The van der Waals surface area contributed by atoms with E-state index in [0.29, 0.717) is 42.9 Å². The van der Waals surface area contributed by atoms with Gasteiger partial charge >= 0.3 is 0 Å². The number of morpholine rings is 1. The van der Waals surface area contributed by atoms with Gasteiger partial charge in [-0.1, -0.05) is 11.6 Å². The van der Waals surface area contributed by atoms with Gasteiger partial charge in [-0.15, -0.1) is 11.3 Å². The van der Waals surface area contributed by atoms with E-state index < -0.39 is 0 Å². The number of rotatable bonds is 4. The van der Waals surface area contributed by atoms with Crippen molar-refractivity contribution in [2.75, 3.05) is 57.4 Å². The molecule has 2 aliphatic rings. The van der Waals surface area contributed by atoms with E-state index >= 15 is 0 Å². The summed E-state index contributed by atoms with van der Waals surface area (Å²) in [4.78, 5) is 28.0. The van der Waals surface area contributed by atoms with Crippen molar-refractivity contribution in [1.82, 2.24) is 19.8 Å². The number of piperazine rings is 1. The molecular weight excluding hydrogens is 398 g/mol. The van der Waals surface area contributed by atoms with Crippen LogP contribution < -0.4 is 4.90 Å². The standard InChI is InChI=1S/C19H24ClN5O2S/c1-14(18-21-2-11-28-18)23-3-5-24(6-4-23)17-16(20)12-15(13-22-17)19(26)25-7-9-27-10-8-25/h2,11-14H,3-10H2,1H3. The molecule has 2 fully saturated rings. The van der Waals surface area contributed by atoms with Crippen molar-refractivity contribution in [2.24, 2.45) is 0 Å². The van der Waals surface area contributed by atoms with Crippen LogP contribution in [0.2, 0.25) is 5.02 Å². The van der Waals surface area contributed by atoms with E-state index in [-0.39, 0.29) is 5.91 Å². The predicted molar refractivity (Wildman–Crippen MR) is 110 cm³/mol. The van der Waals surface area contributed by atoms with Crippen molar-refractivity contribution in [3.63, 3.8) is 0 Å². The lowest BCUT2D eigenvalue weighted by molar-refractivity contribution is 0.0302. The Hall–Kier alpha value is -1.74. The summed E-state index contributed by atoms with van der Waals surface area (Å²) in [5.41, 5.74) is 0.534. The van der Waals surface area contributed by atoms with Gasteiger partial charge in [0.05, 0.1) is 29.8 Å².